The topological polar surface area (TPSA) is 99.2 Å². The molecule has 0 aliphatic carbocycles. The highest BCUT2D eigenvalue weighted by Crippen LogP contribution is 2.37. The highest BCUT2D eigenvalue weighted by Gasteiger charge is 2.61. The molecule has 1 aromatic rings. The van der Waals surface area contributed by atoms with Gasteiger partial charge in [0, 0.05) is 19.6 Å². The van der Waals surface area contributed by atoms with E-state index in [1.54, 1.807) is 24.3 Å². The van der Waals surface area contributed by atoms with Crippen LogP contribution in [-0.2, 0) is 20.9 Å². The zero-order valence-corrected chi connectivity index (χ0v) is 15.7. The van der Waals surface area contributed by atoms with Crippen molar-refractivity contribution in [1.82, 2.24) is 15.1 Å². The van der Waals surface area contributed by atoms with Gasteiger partial charge in [-0.3, -0.25) is 19.4 Å². The number of amides is 2. The Morgan fingerprint density at radius 2 is 1.96 bits per heavy atom. The number of fused-ring (bicyclic) bond motifs is 2. The van der Waals surface area contributed by atoms with Crippen LogP contribution < -0.4 is 5.32 Å². The van der Waals surface area contributed by atoms with E-state index < -0.39 is 23.7 Å². The Hall–Kier alpha value is -2.00. The number of nitrogens with zero attached hydrogens (tertiary/aromatic N) is 2. The first-order valence-electron chi connectivity index (χ1n) is 8.65. The van der Waals surface area contributed by atoms with E-state index in [2.05, 4.69) is 10.1 Å². The molecule has 0 aromatic heterocycles. The van der Waals surface area contributed by atoms with Gasteiger partial charge in [0.25, 0.3) is 5.91 Å². The lowest BCUT2D eigenvalue weighted by atomic mass is 9.84. The number of piperazine rings is 1. The number of nitrogens with one attached hydrogen (secondary N) is 1. The van der Waals surface area contributed by atoms with Gasteiger partial charge in [-0.15, -0.1) is 12.4 Å². The number of hydrogen-bond donors (Lipinski definition) is 2. The molecule has 1 aromatic carbocycles. The van der Waals surface area contributed by atoms with Crippen LogP contribution in [0.5, 0.6) is 0 Å². The summed E-state index contributed by atoms with van der Waals surface area (Å²) in [6, 6.07) is 6.21. The second-order valence-corrected chi connectivity index (χ2v) is 7.11. The number of β-amino-alcohol motifs (C(OH)–C–C–N with tert-alkyl or cyclic N) is 1. The van der Waals surface area contributed by atoms with Crippen molar-refractivity contribution in [2.45, 2.75) is 30.7 Å². The maximum atomic E-state index is 13.1. The first-order valence-corrected chi connectivity index (χ1v) is 8.65. The molecule has 3 fully saturated rings. The van der Waals surface area contributed by atoms with E-state index in [0.29, 0.717) is 31.6 Å². The normalized spacial score (nSPS) is 26.4. The zero-order valence-electron chi connectivity index (χ0n) is 14.9. The molecule has 3 saturated heterocycles. The van der Waals surface area contributed by atoms with Crippen LogP contribution in [0.3, 0.4) is 0 Å². The lowest BCUT2D eigenvalue weighted by Gasteiger charge is -2.54. The fourth-order valence-electron chi connectivity index (χ4n) is 4.09. The molecule has 4 rings (SSSR count). The van der Waals surface area contributed by atoms with Gasteiger partial charge in [0.15, 0.2) is 0 Å². The number of carbonyl (C=O) groups is 3. The van der Waals surface area contributed by atoms with E-state index in [1.807, 2.05) is 4.90 Å². The van der Waals surface area contributed by atoms with Crippen LogP contribution in [0.2, 0.25) is 0 Å². The highest BCUT2D eigenvalue weighted by atomic mass is 35.5. The molecular weight excluding hydrogens is 374 g/mol. The summed E-state index contributed by atoms with van der Waals surface area (Å²) in [7, 11) is 1.31. The number of rotatable bonds is 3. The van der Waals surface area contributed by atoms with E-state index in [9.17, 15) is 19.5 Å². The number of halogens is 1. The number of aliphatic hydroxyl groups excluding tert-OH is 1. The van der Waals surface area contributed by atoms with Crippen LogP contribution in [-0.4, -0.2) is 77.1 Å². The molecule has 27 heavy (non-hydrogen) atoms. The molecule has 8 nitrogen and oxygen atoms in total. The van der Waals surface area contributed by atoms with Crippen LogP contribution in [0, 0.1) is 0 Å². The minimum atomic E-state index is -0.734. The quantitative estimate of drug-likeness (QED) is 0.528. The third-order valence-electron chi connectivity index (χ3n) is 5.57. The lowest BCUT2D eigenvalue weighted by Crippen LogP contribution is -2.80. The van der Waals surface area contributed by atoms with Crippen molar-refractivity contribution in [2.75, 3.05) is 26.7 Å². The average Bonchev–Trinajstić information content (AvgIpc) is 2.99. The summed E-state index contributed by atoms with van der Waals surface area (Å²) < 4.78 is 4.67. The molecule has 3 aliphatic heterocycles. The number of aliphatic hydroxyl groups is 1. The Morgan fingerprint density at radius 3 is 2.52 bits per heavy atom. The van der Waals surface area contributed by atoms with E-state index >= 15 is 0 Å². The molecule has 0 radical (unpaired) electrons. The predicted octanol–water partition coefficient (Wildman–Crippen LogP) is -0.459. The second kappa shape index (κ2) is 7.20. The van der Waals surface area contributed by atoms with Gasteiger partial charge in [-0.1, -0.05) is 12.1 Å². The Balaban J connectivity index is 0.00000210. The third-order valence-corrected chi connectivity index (χ3v) is 5.57. The monoisotopic (exact) mass is 395 g/mol. The van der Waals surface area contributed by atoms with E-state index in [4.69, 9.17) is 0 Å². The number of carbonyl (C=O) groups excluding carboxylic acids is 3. The number of benzene rings is 1. The summed E-state index contributed by atoms with van der Waals surface area (Å²) in [5, 5.41) is 13.1. The molecular formula is C18H22ClN3O5. The standard InChI is InChI=1S/C18H21N3O5.ClH/c1-26-16(24)12-4-2-11(3-5-12)7-20-15(23)14-6-13(22)8-21(14)18(17(20)25)9-19-10-18;/h2-5,13-14,19,22H,6-10H2,1H3;1H/t13-,14+;/m1./s1. The maximum absolute atomic E-state index is 13.1. The van der Waals surface area contributed by atoms with Crippen molar-refractivity contribution in [3.8, 4) is 0 Å². The number of hydrogen-bond acceptors (Lipinski definition) is 7. The third kappa shape index (κ3) is 3.02. The maximum Gasteiger partial charge on any atom is 0.337 e. The summed E-state index contributed by atoms with van der Waals surface area (Å²) >= 11 is 0. The van der Waals surface area contributed by atoms with Gasteiger partial charge < -0.3 is 15.2 Å². The van der Waals surface area contributed by atoms with Crippen molar-refractivity contribution in [2.24, 2.45) is 0 Å². The van der Waals surface area contributed by atoms with Gasteiger partial charge in [0.1, 0.15) is 5.54 Å². The largest absolute Gasteiger partial charge is 0.465 e. The molecule has 146 valence electrons. The van der Waals surface area contributed by atoms with Crippen molar-refractivity contribution < 1.29 is 24.2 Å². The molecule has 3 aliphatic rings. The summed E-state index contributed by atoms with van der Waals surface area (Å²) in [6.45, 7) is 1.48. The van der Waals surface area contributed by atoms with Crippen molar-refractivity contribution in [3.05, 3.63) is 35.4 Å². The predicted molar refractivity (Wildman–Crippen MR) is 97.3 cm³/mol. The minimum Gasteiger partial charge on any atom is -0.465 e. The van der Waals surface area contributed by atoms with Crippen molar-refractivity contribution >= 4 is 30.2 Å². The second-order valence-electron chi connectivity index (χ2n) is 7.11. The summed E-state index contributed by atoms with van der Waals surface area (Å²) in [5.41, 5.74) is 0.438. The van der Waals surface area contributed by atoms with Crippen molar-refractivity contribution in [3.63, 3.8) is 0 Å². The first kappa shape index (κ1) is 19.8. The van der Waals surface area contributed by atoms with E-state index in [-0.39, 0.29) is 30.8 Å². The van der Waals surface area contributed by atoms with E-state index in [1.165, 1.54) is 12.0 Å². The molecule has 2 N–H and O–H groups in total. The van der Waals surface area contributed by atoms with Gasteiger partial charge in [-0.2, -0.15) is 0 Å². The Bertz CT molecular complexity index is 765. The molecule has 0 unspecified atom stereocenters. The summed E-state index contributed by atoms with van der Waals surface area (Å²) in [6.07, 6.45) is -0.237. The Labute approximate surface area is 162 Å². The van der Waals surface area contributed by atoms with Crippen LogP contribution in [0.4, 0.5) is 0 Å². The molecule has 0 saturated carbocycles. The van der Waals surface area contributed by atoms with Gasteiger partial charge in [-0.25, -0.2) is 4.79 Å². The number of methoxy groups -OCH3 is 1. The summed E-state index contributed by atoms with van der Waals surface area (Å²) in [5.74, 6) is -0.915. The summed E-state index contributed by atoms with van der Waals surface area (Å²) in [4.78, 5) is 40.7. The van der Waals surface area contributed by atoms with Crippen LogP contribution in [0.15, 0.2) is 24.3 Å². The molecule has 9 heteroatoms. The van der Waals surface area contributed by atoms with Crippen LogP contribution in [0.25, 0.3) is 0 Å². The van der Waals surface area contributed by atoms with Crippen LogP contribution in [0.1, 0.15) is 22.3 Å². The van der Waals surface area contributed by atoms with Gasteiger partial charge in [0.05, 0.1) is 31.4 Å². The van der Waals surface area contributed by atoms with Gasteiger partial charge in [0.2, 0.25) is 5.91 Å². The van der Waals surface area contributed by atoms with Gasteiger partial charge in [-0.05, 0) is 24.1 Å². The number of imide groups is 1. The Morgan fingerprint density at radius 1 is 1.30 bits per heavy atom. The van der Waals surface area contributed by atoms with Gasteiger partial charge >= 0.3 is 5.97 Å². The molecule has 3 heterocycles. The molecule has 2 amide bonds. The minimum absolute atomic E-state index is 0. The highest BCUT2D eigenvalue weighted by molar-refractivity contribution is 6.06. The molecule has 2 atom stereocenters. The first-order chi connectivity index (χ1) is 12.5. The van der Waals surface area contributed by atoms with E-state index in [0.717, 1.165) is 5.56 Å². The Kier molecular flexibility index (Phi) is 5.27. The zero-order chi connectivity index (χ0) is 18.5. The molecule has 0 bridgehead atoms. The average molecular weight is 396 g/mol. The fraction of sp³-hybridized carbons (Fsp3) is 0.500. The SMILES string of the molecule is COC(=O)c1ccc(CN2C(=O)[C@@H]3C[C@@H](O)CN3C3(CNC3)C2=O)cc1.Cl. The number of esters is 1. The smallest absolute Gasteiger partial charge is 0.337 e. The fourth-order valence-corrected chi connectivity index (χ4v) is 4.09. The van der Waals surface area contributed by atoms with Crippen LogP contribution >= 0.6 is 12.4 Å². The lowest BCUT2D eigenvalue weighted by molar-refractivity contribution is -0.171. The molecule has 1 spiro atoms. The van der Waals surface area contributed by atoms with Crippen molar-refractivity contribution in [1.29, 1.82) is 0 Å². The number of ether oxygens (including phenoxy) is 1.